The fourth-order valence-electron chi connectivity index (χ4n) is 2.32. The van der Waals surface area contributed by atoms with E-state index >= 15 is 0 Å². The summed E-state index contributed by atoms with van der Waals surface area (Å²) >= 11 is 1.72. The smallest absolute Gasteiger partial charge is 0.245 e. The predicted octanol–water partition coefficient (Wildman–Crippen LogP) is 1.38. The molecule has 0 aliphatic carbocycles. The second-order valence-electron chi connectivity index (χ2n) is 4.28. The highest BCUT2D eigenvalue weighted by Crippen LogP contribution is 2.29. The summed E-state index contributed by atoms with van der Waals surface area (Å²) in [6, 6.07) is 4.57. The van der Waals surface area contributed by atoms with Crippen LogP contribution in [0.5, 0.6) is 0 Å². The van der Waals surface area contributed by atoms with Crippen molar-refractivity contribution in [2.45, 2.75) is 12.5 Å². The molecule has 3 nitrogen and oxygen atoms in total. The molecule has 0 bridgehead atoms. The van der Waals surface area contributed by atoms with Gasteiger partial charge in [0.1, 0.15) is 5.82 Å². The Morgan fingerprint density at radius 2 is 2.41 bits per heavy atom. The van der Waals surface area contributed by atoms with Crippen molar-refractivity contribution in [1.29, 1.82) is 0 Å². The highest BCUT2D eigenvalue weighted by molar-refractivity contribution is 7.99. The zero-order valence-corrected chi connectivity index (χ0v) is 10.1. The molecule has 3 rings (SSSR count). The molecule has 1 saturated heterocycles. The number of hydrogen-bond acceptors (Lipinski definition) is 3. The van der Waals surface area contributed by atoms with E-state index in [4.69, 9.17) is 0 Å². The maximum Gasteiger partial charge on any atom is 0.245 e. The Morgan fingerprint density at radius 3 is 3.18 bits per heavy atom. The highest BCUT2D eigenvalue weighted by atomic mass is 32.2. The van der Waals surface area contributed by atoms with Crippen LogP contribution in [-0.2, 0) is 11.2 Å². The van der Waals surface area contributed by atoms with Gasteiger partial charge in [-0.25, -0.2) is 4.39 Å². The molecule has 0 spiro atoms. The molecular formula is C12H13FN2OS. The van der Waals surface area contributed by atoms with Crippen molar-refractivity contribution < 1.29 is 9.18 Å². The van der Waals surface area contributed by atoms with Crippen LogP contribution in [0.25, 0.3) is 0 Å². The SMILES string of the molecule is O=C(C1CSCN1)N1CCc2ccc(F)cc21. The molecule has 0 saturated carbocycles. The van der Waals surface area contributed by atoms with Crippen molar-refractivity contribution in [3.8, 4) is 0 Å². The fraction of sp³-hybridized carbons (Fsp3) is 0.417. The Labute approximate surface area is 103 Å². The van der Waals surface area contributed by atoms with E-state index in [0.29, 0.717) is 6.54 Å². The normalized spacial score (nSPS) is 22.9. The zero-order valence-electron chi connectivity index (χ0n) is 9.28. The van der Waals surface area contributed by atoms with Crippen LogP contribution >= 0.6 is 11.8 Å². The topological polar surface area (TPSA) is 32.3 Å². The summed E-state index contributed by atoms with van der Waals surface area (Å²) in [5.41, 5.74) is 1.80. The molecule has 1 unspecified atom stereocenters. The van der Waals surface area contributed by atoms with Crippen LogP contribution in [0.4, 0.5) is 10.1 Å². The first-order chi connectivity index (χ1) is 8.25. The fourth-order valence-corrected chi connectivity index (χ4v) is 3.26. The lowest BCUT2D eigenvalue weighted by atomic mass is 10.1. The van der Waals surface area contributed by atoms with Crippen LogP contribution in [0.3, 0.4) is 0 Å². The maximum atomic E-state index is 13.2. The van der Waals surface area contributed by atoms with Crippen LogP contribution < -0.4 is 10.2 Å². The van der Waals surface area contributed by atoms with Crippen molar-refractivity contribution in [2.24, 2.45) is 0 Å². The van der Waals surface area contributed by atoms with Crippen molar-refractivity contribution >= 4 is 23.4 Å². The van der Waals surface area contributed by atoms with Gasteiger partial charge in [-0.05, 0) is 24.1 Å². The van der Waals surface area contributed by atoms with Gasteiger partial charge in [-0.1, -0.05) is 6.07 Å². The Hall–Kier alpha value is -1.07. The highest BCUT2D eigenvalue weighted by Gasteiger charge is 2.32. The first-order valence-corrected chi connectivity index (χ1v) is 6.82. The minimum absolute atomic E-state index is 0.0688. The number of carbonyl (C=O) groups excluding carboxylic acids is 1. The lowest BCUT2D eigenvalue weighted by Crippen LogP contribution is -2.44. The quantitative estimate of drug-likeness (QED) is 0.819. The molecule has 0 radical (unpaired) electrons. The van der Waals surface area contributed by atoms with Crippen LogP contribution in [0.2, 0.25) is 0 Å². The number of rotatable bonds is 1. The summed E-state index contributed by atoms with van der Waals surface area (Å²) in [4.78, 5) is 14.0. The molecule has 0 aromatic heterocycles. The second kappa shape index (κ2) is 4.31. The van der Waals surface area contributed by atoms with Gasteiger partial charge >= 0.3 is 0 Å². The molecule has 17 heavy (non-hydrogen) atoms. The number of amides is 1. The van der Waals surface area contributed by atoms with E-state index in [9.17, 15) is 9.18 Å². The van der Waals surface area contributed by atoms with Crippen molar-refractivity contribution in [3.05, 3.63) is 29.6 Å². The van der Waals surface area contributed by atoms with Crippen LogP contribution in [0.1, 0.15) is 5.56 Å². The van der Waals surface area contributed by atoms with Crippen LogP contribution in [0.15, 0.2) is 18.2 Å². The van der Waals surface area contributed by atoms with Crippen molar-refractivity contribution in [1.82, 2.24) is 5.32 Å². The third kappa shape index (κ3) is 1.93. The number of thioether (sulfide) groups is 1. The number of halogens is 1. The summed E-state index contributed by atoms with van der Waals surface area (Å²) in [6.45, 7) is 0.667. The number of fused-ring (bicyclic) bond motifs is 1. The van der Waals surface area contributed by atoms with Gasteiger partial charge in [-0.2, -0.15) is 0 Å². The van der Waals surface area contributed by atoms with Gasteiger partial charge in [0.15, 0.2) is 0 Å². The van der Waals surface area contributed by atoms with E-state index in [2.05, 4.69) is 5.32 Å². The number of anilines is 1. The zero-order chi connectivity index (χ0) is 11.8. The summed E-state index contributed by atoms with van der Waals surface area (Å²) in [6.07, 6.45) is 0.821. The Bertz CT molecular complexity index is 460. The number of nitrogens with one attached hydrogen (secondary N) is 1. The number of carbonyl (C=O) groups is 1. The average molecular weight is 252 g/mol. The Balaban J connectivity index is 1.87. The molecule has 5 heteroatoms. The van der Waals surface area contributed by atoms with E-state index in [1.165, 1.54) is 12.1 Å². The van der Waals surface area contributed by atoms with Crippen molar-refractivity contribution in [3.63, 3.8) is 0 Å². The molecule has 2 aliphatic heterocycles. The molecule has 2 aliphatic rings. The standard InChI is InChI=1S/C12H13FN2OS/c13-9-2-1-8-3-4-15(11(8)5-9)12(16)10-6-17-7-14-10/h1-2,5,10,14H,3-4,6-7H2. The Kier molecular flexibility index (Phi) is 2.80. The third-order valence-electron chi connectivity index (χ3n) is 3.22. The molecule has 1 aromatic rings. The monoisotopic (exact) mass is 252 g/mol. The minimum Gasteiger partial charge on any atom is -0.310 e. The van der Waals surface area contributed by atoms with Crippen LogP contribution in [-0.4, -0.2) is 30.1 Å². The van der Waals surface area contributed by atoms with E-state index in [0.717, 1.165) is 29.3 Å². The summed E-state index contributed by atoms with van der Waals surface area (Å²) in [7, 11) is 0. The predicted molar refractivity (Wildman–Crippen MR) is 66.7 cm³/mol. The van der Waals surface area contributed by atoms with Gasteiger partial charge in [-0.3, -0.25) is 10.1 Å². The molecule has 1 atom stereocenters. The first-order valence-electron chi connectivity index (χ1n) is 5.66. The second-order valence-corrected chi connectivity index (χ2v) is 5.32. The third-order valence-corrected chi connectivity index (χ3v) is 4.16. The molecule has 1 aromatic carbocycles. The summed E-state index contributed by atoms with van der Waals surface area (Å²) in [5, 5.41) is 3.16. The lowest BCUT2D eigenvalue weighted by Gasteiger charge is -2.21. The van der Waals surface area contributed by atoms with Gasteiger partial charge in [0.2, 0.25) is 5.91 Å². The van der Waals surface area contributed by atoms with E-state index in [1.807, 2.05) is 0 Å². The van der Waals surface area contributed by atoms with Gasteiger partial charge < -0.3 is 4.90 Å². The lowest BCUT2D eigenvalue weighted by molar-refractivity contribution is -0.119. The van der Waals surface area contributed by atoms with E-state index in [-0.39, 0.29) is 17.8 Å². The summed E-state index contributed by atoms with van der Waals surface area (Å²) < 4.78 is 13.2. The molecule has 90 valence electrons. The largest absolute Gasteiger partial charge is 0.310 e. The molecule has 1 fully saturated rings. The Morgan fingerprint density at radius 1 is 1.53 bits per heavy atom. The first kappa shape index (κ1) is 11.0. The number of benzene rings is 1. The molecule has 1 amide bonds. The average Bonchev–Trinajstić information content (AvgIpc) is 2.97. The molecule has 1 N–H and O–H groups in total. The van der Waals surface area contributed by atoms with Crippen LogP contribution in [0, 0.1) is 5.82 Å². The van der Waals surface area contributed by atoms with Crippen molar-refractivity contribution in [2.75, 3.05) is 23.1 Å². The maximum absolute atomic E-state index is 13.2. The van der Waals surface area contributed by atoms with Gasteiger partial charge in [0.25, 0.3) is 0 Å². The minimum atomic E-state index is -0.280. The van der Waals surface area contributed by atoms with E-state index < -0.39 is 0 Å². The number of nitrogens with zero attached hydrogens (tertiary/aromatic N) is 1. The van der Waals surface area contributed by atoms with Gasteiger partial charge in [0, 0.05) is 23.9 Å². The number of hydrogen-bond donors (Lipinski definition) is 1. The molecular weight excluding hydrogens is 239 g/mol. The summed E-state index contributed by atoms with van der Waals surface area (Å²) in [5.74, 6) is 1.41. The van der Waals surface area contributed by atoms with E-state index in [1.54, 1.807) is 22.7 Å². The van der Waals surface area contributed by atoms with Gasteiger partial charge in [-0.15, -0.1) is 11.8 Å². The van der Waals surface area contributed by atoms with Gasteiger partial charge in [0.05, 0.1) is 6.04 Å². The molecule has 2 heterocycles.